The predicted molar refractivity (Wildman–Crippen MR) is 143 cm³/mol. The molecule has 1 amide bonds. The molecule has 5 rings (SSSR count). The molecule has 188 valence electrons. The molecule has 2 aromatic carbocycles. The van der Waals surface area contributed by atoms with E-state index in [-0.39, 0.29) is 10.9 Å². The van der Waals surface area contributed by atoms with Crippen LogP contribution in [0.5, 0.6) is 5.75 Å². The summed E-state index contributed by atoms with van der Waals surface area (Å²) in [5, 5.41) is 6.93. The van der Waals surface area contributed by atoms with Crippen molar-refractivity contribution in [1.29, 1.82) is 0 Å². The average molecular weight is 509 g/mol. The minimum absolute atomic E-state index is 0.0330. The van der Waals surface area contributed by atoms with E-state index in [0.717, 1.165) is 17.5 Å². The summed E-state index contributed by atoms with van der Waals surface area (Å²) in [6, 6.07) is 9.94. The third-order valence-electron chi connectivity index (χ3n) is 7.55. The number of anilines is 3. The van der Waals surface area contributed by atoms with Crippen molar-refractivity contribution in [1.82, 2.24) is 9.88 Å². The number of likely N-dealkylation sites (tertiary alicyclic amines) is 1. The monoisotopic (exact) mass is 508 g/mol. The fourth-order valence-corrected chi connectivity index (χ4v) is 5.42. The zero-order chi connectivity index (χ0) is 25.3. The van der Waals surface area contributed by atoms with Crippen LogP contribution < -0.4 is 15.4 Å². The van der Waals surface area contributed by atoms with Gasteiger partial charge in [0, 0.05) is 29.0 Å². The van der Waals surface area contributed by atoms with Gasteiger partial charge in [-0.1, -0.05) is 18.2 Å². The summed E-state index contributed by atoms with van der Waals surface area (Å²) in [6.07, 6.45) is 7.73. The van der Waals surface area contributed by atoms with E-state index in [2.05, 4.69) is 34.1 Å². The van der Waals surface area contributed by atoms with Gasteiger partial charge >= 0.3 is 0 Å². The summed E-state index contributed by atoms with van der Waals surface area (Å²) < 4.78 is 19.8. The maximum absolute atomic E-state index is 13.6. The van der Waals surface area contributed by atoms with E-state index in [4.69, 9.17) is 16.3 Å². The number of halogens is 2. The Balaban J connectivity index is 1.35. The summed E-state index contributed by atoms with van der Waals surface area (Å²) >= 11 is 5.94. The van der Waals surface area contributed by atoms with Crippen LogP contribution in [-0.4, -0.2) is 42.5 Å². The normalized spacial score (nSPS) is 18.7. The molecule has 1 unspecified atom stereocenters. The van der Waals surface area contributed by atoms with Crippen LogP contribution in [0, 0.1) is 17.2 Å². The lowest BCUT2D eigenvalue weighted by Crippen LogP contribution is -2.32. The number of fused-ring (bicyclic) bond motifs is 1. The number of carbonyl (C=O) groups is 1. The summed E-state index contributed by atoms with van der Waals surface area (Å²) in [5.74, 6) is 0.473. The first kappa shape index (κ1) is 24.5. The fourth-order valence-electron chi connectivity index (χ4n) is 5.24. The molecule has 36 heavy (non-hydrogen) atoms. The number of piperidine rings is 1. The molecule has 6 nitrogen and oxygen atoms in total. The second-order valence-corrected chi connectivity index (χ2v) is 10.3. The van der Waals surface area contributed by atoms with Crippen LogP contribution in [0.2, 0.25) is 5.02 Å². The van der Waals surface area contributed by atoms with E-state index in [1.165, 1.54) is 50.6 Å². The molecule has 2 heterocycles. The lowest BCUT2D eigenvalue weighted by atomic mass is 9.90. The van der Waals surface area contributed by atoms with Crippen molar-refractivity contribution in [2.24, 2.45) is 11.3 Å². The molecule has 8 heteroatoms. The van der Waals surface area contributed by atoms with Gasteiger partial charge < -0.3 is 20.3 Å². The van der Waals surface area contributed by atoms with Crippen LogP contribution in [-0.2, 0) is 4.79 Å². The van der Waals surface area contributed by atoms with Crippen molar-refractivity contribution < 1.29 is 13.9 Å². The van der Waals surface area contributed by atoms with Crippen molar-refractivity contribution in [3.05, 3.63) is 66.1 Å². The molecule has 1 aliphatic carbocycles. The highest BCUT2D eigenvalue weighted by Gasteiger charge is 2.53. The molecule has 1 saturated carbocycles. The van der Waals surface area contributed by atoms with Gasteiger partial charge in [0.05, 0.1) is 22.8 Å². The number of nitrogens with zero attached hydrogens (tertiary/aromatic N) is 2. The Morgan fingerprint density at radius 3 is 2.83 bits per heavy atom. The topological polar surface area (TPSA) is 66.5 Å². The Hall–Kier alpha value is -3.16. The lowest BCUT2D eigenvalue weighted by Gasteiger charge is -2.30. The summed E-state index contributed by atoms with van der Waals surface area (Å²) in [4.78, 5) is 19.1. The smallest absolute Gasteiger partial charge is 0.247 e. The van der Waals surface area contributed by atoms with Gasteiger partial charge in [-0.3, -0.25) is 9.78 Å². The quantitative estimate of drug-likeness (QED) is 0.345. The van der Waals surface area contributed by atoms with Crippen molar-refractivity contribution >= 4 is 45.5 Å². The number of ether oxygens (including phenoxy) is 1. The molecule has 1 aliphatic heterocycles. The number of amides is 1. The third-order valence-corrected chi connectivity index (χ3v) is 7.84. The molecule has 2 fully saturated rings. The molecule has 0 radical (unpaired) electrons. The molecule has 1 saturated heterocycles. The number of aromatic nitrogens is 1. The molecule has 3 aromatic rings. The van der Waals surface area contributed by atoms with Crippen molar-refractivity contribution in [3.8, 4) is 5.75 Å². The highest BCUT2D eigenvalue weighted by Crippen LogP contribution is 2.60. The molecule has 0 bridgehead atoms. The van der Waals surface area contributed by atoms with Gasteiger partial charge in [0.1, 0.15) is 11.6 Å². The van der Waals surface area contributed by atoms with Gasteiger partial charge in [-0.25, -0.2) is 4.39 Å². The zero-order valence-corrected chi connectivity index (χ0v) is 21.1. The van der Waals surface area contributed by atoms with E-state index in [1.807, 2.05) is 18.2 Å². The first-order valence-corrected chi connectivity index (χ1v) is 12.6. The Labute approximate surface area is 215 Å². The number of rotatable bonds is 8. The van der Waals surface area contributed by atoms with E-state index >= 15 is 0 Å². The van der Waals surface area contributed by atoms with E-state index < -0.39 is 5.82 Å². The Morgan fingerprint density at radius 2 is 2.08 bits per heavy atom. The largest absolute Gasteiger partial charge is 0.491 e. The van der Waals surface area contributed by atoms with Crippen LogP contribution in [0.3, 0.4) is 0 Å². The second kappa shape index (κ2) is 10.1. The molecular weight excluding hydrogens is 479 g/mol. The highest BCUT2D eigenvalue weighted by molar-refractivity contribution is 6.31. The van der Waals surface area contributed by atoms with Crippen LogP contribution in [0.1, 0.15) is 25.7 Å². The molecule has 2 N–H and O–H groups in total. The first-order chi connectivity index (χ1) is 17.4. The van der Waals surface area contributed by atoms with Gasteiger partial charge in [0.25, 0.3) is 0 Å². The molecule has 1 atom stereocenters. The van der Waals surface area contributed by atoms with E-state index in [9.17, 15) is 9.18 Å². The van der Waals surface area contributed by atoms with Gasteiger partial charge in [-0.15, -0.1) is 0 Å². The number of hydrogen-bond donors (Lipinski definition) is 2. The first-order valence-electron chi connectivity index (χ1n) is 12.3. The second-order valence-electron chi connectivity index (χ2n) is 9.88. The summed E-state index contributed by atoms with van der Waals surface area (Å²) in [5.41, 5.74) is 3.14. The number of hydrogen-bond acceptors (Lipinski definition) is 5. The molecular formula is C28H30ClFN4O2. The Morgan fingerprint density at radius 1 is 1.28 bits per heavy atom. The zero-order valence-electron chi connectivity index (χ0n) is 20.3. The molecule has 1 aromatic heterocycles. The van der Waals surface area contributed by atoms with Crippen LogP contribution >= 0.6 is 11.6 Å². The maximum atomic E-state index is 13.6. The van der Waals surface area contributed by atoms with Crippen LogP contribution in [0.25, 0.3) is 10.9 Å². The fraction of sp³-hybridized carbons (Fsp3) is 0.357. The van der Waals surface area contributed by atoms with Crippen LogP contribution in [0.15, 0.2) is 55.3 Å². The Bertz CT molecular complexity index is 1310. The van der Waals surface area contributed by atoms with E-state index in [1.54, 1.807) is 12.3 Å². The van der Waals surface area contributed by atoms with Crippen molar-refractivity contribution in [2.45, 2.75) is 25.7 Å². The highest BCUT2D eigenvalue weighted by atomic mass is 35.5. The lowest BCUT2D eigenvalue weighted by molar-refractivity contribution is -0.111. The molecule has 1 spiro atoms. The Kier molecular flexibility index (Phi) is 6.86. The summed E-state index contributed by atoms with van der Waals surface area (Å²) in [6.45, 7) is 6.49. The SMILES string of the molecule is C=CC(=O)Nc1cc2c(Nc3ccc(F)c(Cl)c3)ccnc2cc1OCCC1CC12CCN(C)CC2. The predicted octanol–water partition coefficient (Wildman–Crippen LogP) is 6.40. The van der Waals surface area contributed by atoms with Crippen molar-refractivity contribution in [3.63, 3.8) is 0 Å². The molecule has 2 aliphatic rings. The minimum Gasteiger partial charge on any atom is -0.491 e. The van der Waals surface area contributed by atoms with Gasteiger partial charge in [0.15, 0.2) is 0 Å². The third kappa shape index (κ3) is 5.18. The number of nitrogens with one attached hydrogen (secondary N) is 2. The van der Waals surface area contributed by atoms with Gasteiger partial charge in [-0.05, 0) is 93.6 Å². The number of carbonyl (C=O) groups excluding carboxylic acids is 1. The van der Waals surface area contributed by atoms with Gasteiger partial charge in [0.2, 0.25) is 5.91 Å². The maximum Gasteiger partial charge on any atom is 0.247 e. The van der Waals surface area contributed by atoms with Crippen LogP contribution in [0.4, 0.5) is 21.5 Å². The van der Waals surface area contributed by atoms with E-state index in [0.29, 0.717) is 40.6 Å². The average Bonchev–Trinajstić information content (AvgIpc) is 3.55. The number of pyridine rings is 1. The van der Waals surface area contributed by atoms with Crippen molar-refractivity contribution in [2.75, 3.05) is 37.4 Å². The number of benzene rings is 2. The van der Waals surface area contributed by atoms with Gasteiger partial charge in [-0.2, -0.15) is 0 Å². The standard InChI is InChI=1S/C28H30ClFN4O2/c1-3-27(35)33-25-15-20-23(32-19-4-5-22(30)21(29)14-19)6-10-31-24(20)16-26(25)36-13-7-18-17-28(18)8-11-34(2)12-9-28/h3-6,10,14-16,18H,1,7-9,11-13,17H2,2H3,(H,31,32)(H,33,35). The summed E-state index contributed by atoms with van der Waals surface area (Å²) in [7, 11) is 2.19. The minimum atomic E-state index is -0.481.